The average Bonchev–Trinajstić information content (AvgIpc) is 2.39. The predicted octanol–water partition coefficient (Wildman–Crippen LogP) is 2.69. The number of rotatable bonds is 4. The maximum atomic E-state index is 11.4. The van der Waals surface area contributed by atoms with Crippen molar-refractivity contribution in [2.75, 3.05) is 6.26 Å². The van der Waals surface area contributed by atoms with E-state index in [2.05, 4.69) is 4.98 Å². The highest BCUT2D eigenvalue weighted by Crippen LogP contribution is 2.27. The number of benzene rings is 1. The Labute approximate surface area is 122 Å². The average molecular weight is 309 g/mol. The van der Waals surface area contributed by atoms with Gasteiger partial charge < -0.3 is 5.11 Å². The molecule has 1 aromatic carbocycles. The number of sulfone groups is 1. The summed E-state index contributed by atoms with van der Waals surface area (Å²) in [5.74, 6) is 0. The van der Waals surface area contributed by atoms with Crippen LogP contribution in [-0.4, -0.2) is 24.8 Å². The summed E-state index contributed by atoms with van der Waals surface area (Å²) in [5, 5.41) is 10.2. The molecule has 20 heavy (non-hydrogen) atoms. The maximum Gasteiger partial charge on any atom is 0.175 e. The molecule has 4 nitrogen and oxygen atoms in total. The summed E-state index contributed by atoms with van der Waals surface area (Å²) in [7, 11) is -3.16. The second-order valence-corrected chi connectivity index (χ2v) is 7.56. The van der Waals surface area contributed by atoms with Gasteiger partial charge in [0.1, 0.15) is 5.03 Å². The van der Waals surface area contributed by atoms with E-state index in [0.29, 0.717) is 4.90 Å². The van der Waals surface area contributed by atoms with Crippen molar-refractivity contribution in [1.82, 2.24) is 4.98 Å². The van der Waals surface area contributed by atoms with Gasteiger partial charge in [0.25, 0.3) is 0 Å². The smallest absolute Gasteiger partial charge is 0.175 e. The van der Waals surface area contributed by atoms with E-state index >= 15 is 0 Å². The molecular weight excluding hydrogens is 294 g/mol. The van der Waals surface area contributed by atoms with Gasteiger partial charge in [-0.15, -0.1) is 0 Å². The Bertz CT molecular complexity index is 677. The number of nitrogens with zero attached hydrogens (tertiary/aromatic N) is 1. The first-order valence-electron chi connectivity index (χ1n) is 5.98. The van der Waals surface area contributed by atoms with Crippen molar-refractivity contribution in [3.05, 3.63) is 48.2 Å². The Kier molecular flexibility index (Phi) is 4.47. The first-order chi connectivity index (χ1) is 9.36. The fraction of sp³-hybridized carbons (Fsp3) is 0.214. The SMILES string of the molecule is C[C@H](O)c1ccc(Sc2ccc(S(C)(=O)=O)cc2)nc1. The zero-order valence-electron chi connectivity index (χ0n) is 11.1. The topological polar surface area (TPSA) is 67.3 Å². The van der Waals surface area contributed by atoms with Crippen molar-refractivity contribution in [1.29, 1.82) is 0 Å². The Hall–Kier alpha value is -1.37. The molecule has 0 spiro atoms. The Morgan fingerprint density at radius 3 is 2.25 bits per heavy atom. The number of hydrogen-bond acceptors (Lipinski definition) is 5. The van der Waals surface area contributed by atoms with Gasteiger partial charge in [0.2, 0.25) is 0 Å². The molecule has 1 atom stereocenters. The molecule has 1 aromatic heterocycles. The quantitative estimate of drug-likeness (QED) is 0.940. The first-order valence-corrected chi connectivity index (χ1v) is 8.69. The van der Waals surface area contributed by atoms with E-state index in [1.807, 2.05) is 12.1 Å². The molecule has 6 heteroatoms. The van der Waals surface area contributed by atoms with Gasteiger partial charge in [-0.1, -0.05) is 17.8 Å². The molecule has 0 aliphatic heterocycles. The third-order valence-corrected chi connectivity index (χ3v) is 4.80. The standard InChI is InChI=1S/C14H15NO3S2/c1-10(16)11-3-8-14(15-9-11)19-12-4-6-13(7-5-12)20(2,17)18/h3-10,16H,1-2H3/t10-/m0/s1. The summed E-state index contributed by atoms with van der Waals surface area (Å²) in [4.78, 5) is 5.47. The highest BCUT2D eigenvalue weighted by atomic mass is 32.2. The Morgan fingerprint density at radius 2 is 1.80 bits per heavy atom. The summed E-state index contributed by atoms with van der Waals surface area (Å²) in [6, 6.07) is 10.3. The van der Waals surface area contributed by atoms with Crippen molar-refractivity contribution in [2.45, 2.75) is 27.8 Å². The van der Waals surface area contributed by atoms with Gasteiger partial charge >= 0.3 is 0 Å². The van der Waals surface area contributed by atoms with Crippen LogP contribution in [0.4, 0.5) is 0 Å². The van der Waals surface area contributed by atoms with E-state index in [-0.39, 0.29) is 0 Å². The second kappa shape index (κ2) is 5.95. The molecule has 106 valence electrons. The Balaban J connectivity index is 2.14. The maximum absolute atomic E-state index is 11.4. The molecule has 0 fully saturated rings. The van der Waals surface area contributed by atoms with Crippen molar-refractivity contribution in [2.24, 2.45) is 0 Å². The van der Waals surface area contributed by atoms with Gasteiger partial charge in [0, 0.05) is 17.3 Å². The van der Waals surface area contributed by atoms with Crippen LogP contribution in [0.25, 0.3) is 0 Å². The van der Waals surface area contributed by atoms with Crippen LogP contribution >= 0.6 is 11.8 Å². The Morgan fingerprint density at radius 1 is 1.15 bits per heavy atom. The molecule has 1 N–H and O–H groups in total. The number of pyridine rings is 1. The largest absolute Gasteiger partial charge is 0.389 e. The predicted molar refractivity (Wildman–Crippen MR) is 78.5 cm³/mol. The molecule has 0 saturated carbocycles. The van der Waals surface area contributed by atoms with Crippen LogP contribution in [-0.2, 0) is 9.84 Å². The van der Waals surface area contributed by atoms with Crippen LogP contribution in [0.15, 0.2) is 57.4 Å². The molecule has 2 aromatic rings. The van der Waals surface area contributed by atoms with E-state index in [1.54, 1.807) is 37.4 Å². The minimum atomic E-state index is -3.16. The summed E-state index contributed by atoms with van der Waals surface area (Å²) in [6.45, 7) is 1.69. The second-order valence-electron chi connectivity index (χ2n) is 4.45. The fourth-order valence-corrected chi connectivity index (χ4v) is 2.96. The van der Waals surface area contributed by atoms with E-state index in [0.717, 1.165) is 15.5 Å². The highest BCUT2D eigenvalue weighted by molar-refractivity contribution is 7.99. The molecule has 0 unspecified atom stereocenters. The van der Waals surface area contributed by atoms with E-state index in [9.17, 15) is 13.5 Å². The molecular formula is C14H15NO3S2. The van der Waals surface area contributed by atoms with Crippen molar-refractivity contribution in [3.63, 3.8) is 0 Å². The van der Waals surface area contributed by atoms with Crippen molar-refractivity contribution in [3.8, 4) is 0 Å². The van der Waals surface area contributed by atoms with E-state index in [4.69, 9.17) is 0 Å². The molecule has 0 aliphatic rings. The number of aliphatic hydroxyl groups excluding tert-OH is 1. The normalized spacial score (nSPS) is 13.2. The molecule has 1 heterocycles. The monoisotopic (exact) mass is 309 g/mol. The van der Waals surface area contributed by atoms with Crippen LogP contribution in [0.1, 0.15) is 18.6 Å². The van der Waals surface area contributed by atoms with Gasteiger partial charge in [-0.25, -0.2) is 13.4 Å². The summed E-state index contributed by atoms with van der Waals surface area (Å²) in [5.41, 5.74) is 0.766. The molecule has 0 aliphatic carbocycles. The summed E-state index contributed by atoms with van der Waals surface area (Å²) in [6.07, 6.45) is 2.29. The number of hydrogen-bond donors (Lipinski definition) is 1. The lowest BCUT2D eigenvalue weighted by molar-refractivity contribution is 0.198. The van der Waals surface area contributed by atoms with Crippen molar-refractivity contribution < 1.29 is 13.5 Å². The zero-order chi connectivity index (χ0) is 14.8. The van der Waals surface area contributed by atoms with Gasteiger partial charge in [-0.05, 0) is 42.8 Å². The van der Waals surface area contributed by atoms with Crippen LogP contribution in [0.2, 0.25) is 0 Å². The lowest BCUT2D eigenvalue weighted by atomic mass is 10.2. The van der Waals surface area contributed by atoms with E-state index < -0.39 is 15.9 Å². The van der Waals surface area contributed by atoms with E-state index in [1.165, 1.54) is 18.0 Å². The van der Waals surface area contributed by atoms with Crippen LogP contribution in [0.3, 0.4) is 0 Å². The minimum absolute atomic E-state index is 0.305. The van der Waals surface area contributed by atoms with Crippen LogP contribution in [0.5, 0.6) is 0 Å². The zero-order valence-corrected chi connectivity index (χ0v) is 12.8. The van der Waals surface area contributed by atoms with Gasteiger partial charge in [-0.3, -0.25) is 0 Å². The third-order valence-electron chi connectivity index (χ3n) is 2.72. The lowest BCUT2D eigenvalue weighted by Gasteiger charge is -2.05. The van der Waals surface area contributed by atoms with Gasteiger partial charge in [0.15, 0.2) is 9.84 Å². The molecule has 0 amide bonds. The number of aliphatic hydroxyl groups is 1. The third kappa shape index (κ3) is 3.82. The molecule has 0 bridgehead atoms. The van der Waals surface area contributed by atoms with Crippen molar-refractivity contribution >= 4 is 21.6 Å². The summed E-state index contributed by atoms with van der Waals surface area (Å²) >= 11 is 1.44. The molecule has 0 radical (unpaired) electrons. The highest BCUT2D eigenvalue weighted by Gasteiger charge is 2.07. The first kappa shape index (κ1) is 15.0. The fourth-order valence-electron chi connectivity index (χ4n) is 1.57. The van der Waals surface area contributed by atoms with Crippen LogP contribution in [0, 0.1) is 0 Å². The lowest BCUT2D eigenvalue weighted by Crippen LogP contribution is -1.96. The minimum Gasteiger partial charge on any atom is -0.389 e. The molecule has 2 rings (SSSR count). The van der Waals surface area contributed by atoms with Crippen LogP contribution < -0.4 is 0 Å². The molecule has 0 saturated heterocycles. The van der Waals surface area contributed by atoms with Gasteiger partial charge in [-0.2, -0.15) is 0 Å². The number of aromatic nitrogens is 1. The summed E-state index contributed by atoms with van der Waals surface area (Å²) < 4.78 is 22.7. The van der Waals surface area contributed by atoms with Gasteiger partial charge in [0.05, 0.1) is 11.0 Å².